The first-order valence-electron chi connectivity index (χ1n) is 14.1. The molecule has 0 radical (unpaired) electrons. The number of ether oxygens (including phenoxy) is 2. The average Bonchev–Trinajstić information content (AvgIpc) is 3.56. The molecule has 210 valence electrons. The highest BCUT2D eigenvalue weighted by Gasteiger charge is 2.49. The molecular formula is C28H35BrF2N6O2. The van der Waals surface area contributed by atoms with Gasteiger partial charge in [0.1, 0.15) is 18.6 Å². The van der Waals surface area contributed by atoms with Crippen molar-refractivity contribution < 1.29 is 18.3 Å². The second-order valence-electron chi connectivity index (χ2n) is 12.0. The maximum atomic E-state index is 15.3. The molecule has 0 aliphatic carbocycles. The number of nitrogens with one attached hydrogen (secondary N) is 1. The second-order valence-corrected chi connectivity index (χ2v) is 12.8. The number of rotatable bonds is 5. The minimum absolute atomic E-state index is 0.104. The first-order chi connectivity index (χ1) is 18.8. The number of fused-ring (bicyclic) bond motifs is 4. The number of anilines is 2. The van der Waals surface area contributed by atoms with E-state index in [2.05, 4.69) is 31.0 Å². The van der Waals surface area contributed by atoms with Crippen LogP contribution in [0.3, 0.4) is 0 Å². The number of nitrogens with two attached hydrogens (primary N) is 1. The third-order valence-corrected chi connectivity index (χ3v) is 10.4. The number of aryl methyl sites for hydroxylation is 1. The van der Waals surface area contributed by atoms with E-state index in [0.717, 1.165) is 68.0 Å². The fraction of sp³-hybridized carbons (Fsp3) is 0.643. The van der Waals surface area contributed by atoms with E-state index in [-0.39, 0.29) is 17.8 Å². The molecule has 5 aliphatic heterocycles. The Labute approximate surface area is 235 Å². The van der Waals surface area contributed by atoms with Gasteiger partial charge in [-0.05, 0) is 50.8 Å². The lowest BCUT2D eigenvalue weighted by atomic mass is 9.95. The molecule has 6 heterocycles. The topological polar surface area (TPSA) is 88.8 Å². The van der Waals surface area contributed by atoms with Crippen molar-refractivity contribution in [2.45, 2.75) is 82.0 Å². The number of piperazine rings is 1. The van der Waals surface area contributed by atoms with Crippen molar-refractivity contribution in [1.29, 1.82) is 0 Å². The van der Waals surface area contributed by atoms with Gasteiger partial charge in [-0.2, -0.15) is 9.97 Å². The largest absolute Gasteiger partial charge is 0.461 e. The van der Waals surface area contributed by atoms with Crippen molar-refractivity contribution in [3.8, 4) is 6.01 Å². The number of alkyl halides is 1. The van der Waals surface area contributed by atoms with Gasteiger partial charge in [0.15, 0.2) is 5.82 Å². The van der Waals surface area contributed by atoms with Crippen LogP contribution in [0.5, 0.6) is 6.01 Å². The number of hydrogen-bond acceptors (Lipinski definition) is 8. The van der Waals surface area contributed by atoms with Gasteiger partial charge in [-0.1, -0.05) is 15.9 Å². The summed E-state index contributed by atoms with van der Waals surface area (Å²) in [4.78, 5) is 14.3. The van der Waals surface area contributed by atoms with Crippen molar-refractivity contribution in [3.05, 3.63) is 38.7 Å². The van der Waals surface area contributed by atoms with Crippen LogP contribution in [0.1, 0.15) is 60.6 Å². The van der Waals surface area contributed by atoms with Crippen LogP contribution in [-0.2, 0) is 17.8 Å². The fourth-order valence-corrected chi connectivity index (χ4v) is 8.01. The summed E-state index contributed by atoms with van der Waals surface area (Å²) in [6, 6.07) is 2.80. The summed E-state index contributed by atoms with van der Waals surface area (Å²) in [5.74, 6) is 0.374. The summed E-state index contributed by atoms with van der Waals surface area (Å²) in [5.41, 5.74) is 8.80. The number of hydrogen-bond donors (Lipinski definition) is 2. The molecule has 2 aromatic rings. The van der Waals surface area contributed by atoms with Gasteiger partial charge in [0.05, 0.1) is 29.6 Å². The molecule has 8 nitrogen and oxygen atoms in total. The van der Waals surface area contributed by atoms with E-state index in [0.29, 0.717) is 54.1 Å². The molecule has 5 atom stereocenters. The lowest BCUT2D eigenvalue weighted by Crippen LogP contribution is -2.52. The van der Waals surface area contributed by atoms with E-state index in [1.54, 1.807) is 6.07 Å². The summed E-state index contributed by atoms with van der Waals surface area (Å²) in [6.45, 7) is 5.63. The van der Waals surface area contributed by atoms with Crippen LogP contribution in [-0.4, -0.2) is 71.4 Å². The number of nitrogens with zero attached hydrogens (tertiary/aromatic N) is 4. The van der Waals surface area contributed by atoms with Gasteiger partial charge < -0.3 is 25.4 Å². The van der Waals surface area contributed by atoms with Gasteiger partial charge in [-0.25, -0.2) is 8.78 Å². The first kappa shape index (κ1) is 25.9. The lowest BCUT2D eigenvalue weighted by molar-refractivity contribution is 0.0227. The Balaban J connectivity index is 1.23. The zero-order valence-electron chi connectivity index (χ0n) is 22.2. The third-order valence-electron chi connectivity index (χ3n) is 9.37. The van der Waals surface area contributed by atoms with Gasteiger partial charge in [-0.15, -0.1) is 0 Å². The van der Waals surface area contributed by atoms with Gasteiger partial charge in [0, 0.05) is 60.2 Å². The molecule has 0 spiro atoms. The van der Waals surface area contributed by atoms with Crippen molar-refractivity contribution in [2.75, 3.05) is 43.4 Å². The molecule has 0 amide bonds. The average molecular weight is 606 g/mol. The molecule has 11 heteroatoms. The number of aromatic nitrogens is 2. The van der Waals surface area contributed by atoms with Crippen LogP contribution in [0.15, 0.2) is 10.5 Å². The molecule has 1 aromatic heterocycles. The quantitative estimate of drug-likeness (QED) is 0.496. The van der Waals surface area contributed by atoms with E-state index in [1.165, 1.54) is 0 Å². The Morgan fingerprint density at radius 1 is 1.26 bits per heavy atom. The van der Waals surface area contributed by atoms with E-state index in [1.807, 2.05) is 6.92 Å². The van der Waals surface area contributed by atoms with E-state index < -0.39 is 18.1 Å². The van der Waals surface area contributed by atoms with Crippen molar-refractivity contribution >= 4 is 27.4 Å². The Hall–Kier alpha value is -2.08. The highest BCUT2D eigenvalue weighted by Crippen LogP contribution is 2.43. The third kappa shape index (κ3) is 4.49. The summed E-state index contributed by atoms with van der Waals surface area (Å²) in [7, 11) is 0. The van der Waals surface area contributed by atoms with Gasteiger partial charge in [0.25, 0.3) is 0 Å². The Morgan fingerprint density at radius 3 is 2.85 bits per heavy atom. The van der Waals surface area contributed by atoms with E-state index >= 15 is 4.39 Å². The lowest BCUT2D eigenvalue weighted by Gasteiger charge is -2.37. The number of benzene rings is 1. The molecule has 0 saturated carbocycles. The Morgan fingerprint density at radius 2 is 2.05 bits per heavy atom. The zero-order valence-corrected chi connectivity index (χ0v) is 23.8. The van der Waals surface area contributed by atoms with Crippen LogP contribution in [0.2, 0.25) is 0 Å². The molecule has 3 unspecified atom stereocenters. The molecule has 39 heavy (non-hydrogen) atoms. The predicted octanol–water partition coefficient (Wildman–Crippen LogP) is 3.98. The zero-order chi connectivity index (χ0) is 26.9. The SMILES string of the molecule is Cc1cc(N)c(F)c(C2Cc3nc(OC[C@@]45CCCN4C[C@H](F)C5)nc(N4CC5CCC(C4)N5)c3CO2)c1Br. The van der Waals surface area contributed by atoms with E-state index in [9.17, 15) is 4.39 Å². The molecular weight excluding hydrogens is 570 g/mol. The molecule has 2 bridgehead atoms. The molecule has 7 rings (SSSR count). The maximum absolute atomic E-state index is 15.3. The molecule has 5 aliphatic rings. The summed E-state index contributed by atoms with van der Waals surface area (Å²) in [6.07, 6.45) is 3.78. The van der Waals surface area contributed by atoms with Crippen LogP contribution in [0, 0.1) is 12.7 Å². The molecule has 4 saturated heterocycles. The standard InChI is InChI=1S/C28H35BrF2N6O2/c1-15-7-20(32)25(31)23(24(15)29)22-8-21-19(13-38-22)26(36-11-17-3-4-18(12-36)33-17)35-27(34-21)39-14-28-5-2-6-37(28)10-16(30)9-28/h7,16-18,22,33H,2-6,8-14,32H2,1H3/t16-,17?,18?,22?,28+/m1/s1. The van der Waals surface area contributed by atoms with Gasteiger partial charge in [-0.3, -0.25) is 4.90 Å². The first-order valence-corrected chi connectivity index (χ1v) is 14.9. The fourth-order valence-electron chi connectivity index (χ4n) is 7.47. The number of halogens is 3. The molecule has 3 N–H and O–H groups in total. The minimum Gasteiger partial charge on any atom is -0.461 e. The highest BCUT2D eigenvalue weighted by molar-refractivity contribution is 9.10. The summed E-state index contributed by atoms with van der Waals surface area (Å²) >= 11 is 3.56. The summed E-state index contributed by atoms with van der Waals surface area (Å²) < 4.78 is 42.9. The van der Waals surface area contributed by atoms with Crippen molar-refractivity contribution in [3.63, 3.8) is 0 Å². The Kier molecular flexibility index (Phi) is 6.49. The summed E-state index contributed by atoms with van der Waals surface area (Å²) in [5, 5.41) is 3.68. The minimum atomic E-state index is -0.821. The van der Waals surface area contributed by atoms with Crippen LogP contribution < -0.4 is 20.7 Å². The smallest absolute Gasteiger partial charge is 0.318 e. The van der Waals surface area contributed by atoms with Crippen molar-refractivity contribution in [1.82, 2.24) is 20.2 Å². The monoisotopic (exact) mass is 604 g/mol. The van der Waals surface area contributed by atoms with Crippen LogP contribution in [0.25, 0.3) is 0 Å². The molecule has 1 aromatic carbocycles. The molecule has 4 fully saturated rings. The second kappa shape index (κ2) is 9.78. The van der Waals surface area contributed by atoms with Gasteiger partial charge >= 0.3 is 6.01 Å². The maximum Gasteiger partial charge on any atom is 0.318 e. The normalized spacial score (nSPS) is 31.9. The van der Waals surface area contributed by atoms with Crippen LogP contribution in [0.4, 0.5) is 20.3 Å². The van der Waals surface area contributed by atoms with Crippen molar-refractivity contribution in [2.24, 2.45) is 0 Å². The highest BCUT2D eigenvalue weighted by atomic mass is 79.9. The number of nitrogen functional groups attached to an aromatic ring is 1. The van der Waals surface area contributed by atoms with E-state index in [4.69, 9.17) is 25.2 Å². The van der Waals surface area contributed by atoms with Gasteiger partial charge in [0.2, 0.25) is 0 Å². The predicted molar refractivity (Wildman–Crippen MR) is 147 cm³/mol. The Bertz CT molecular complexity index is 1260. The van der Waals surface area contributed by atoms with Crippen LogP contribution >= 0.6 is 15.9 Å².